The number of nitro benzene ring substituents is 1. The van der Waals surface area contributed by atoms with Crippen LogP contribution < -0.4 is 14.1 Å². The molecular weight excluding hydrogens is 479 g/mol. The van der Waals surface area contributed by atoms with Crippen molar-refractivity contribution in [2.75, 3.05) is 0 Å². The number of benzene rings is 3. The molecule has 0 amide bonds. The van der Waals surface area contributed by atoms with Crippen molar-refractivity contribution in [2.45, 2.75) is 13.0 Å². The number of nitrogens with one attached hydrogen (secondary N) is 1. The number of aliphatic carboxylic acids is 1. The molecular formula is C19H16BrN2O7P. The number of fused-ring (bicyclic) bond motifs is 1. The molecule has 0 saturated carbocycles. The first kappa shape index (κ1) is 21.8. The zero-order chi connectivity index (χ0) is 21.9. The quantitative estimate of drug-likeness (QED) is 0.250. The lowest BCUT2D eigenvalue weighted by Crippen LogP contribution is -2.34. The highest BCUT2D eigenvalue weighted by molar-refractivity contribution is 9.10. The molecule has 2 N–H and O–H groups in total. The molecule has 0 bridgehead atoms. The maximum atomic E-state index is 13.4. The predicted molar refractivity (Wildman–Crippen MR) is 114 cm³/mol. The van der Waals surface area contributed by atoms with Gasteiger partial charge in [-0.05, 0) is 36.6 Å². The Bertz CT molecular complexity index is 1150. The van der Waals surface area contributed by atoms with Crippen LogP contribution in [0.25, 0.3) is 10.8 Å². The van der Waals surface area contributed by atoms with Crippen molar-refractivity contribution in [1.82, 2.24) is 5.09 Å². The van der Waals surface area contributed by atoms with Crippen molar-refractivity contribution >= 4 is 46.1 Å². The number of hydrogen-bond acceptors (Lipinski definition) is 6. The number of nitro groups is 1. The van der Waals surface area contributed by atoms with Crippen molar-refractivity contribution in [3.8, 4) is 11.5 Å². The van der Waals surface area contributed by atoms with Gasteiger partial charge in [0.15, 0.2) is 0 Å². The van der Waals surface area contributed by atoms with Crippen molar-refractivity contribution in [1.29, 1.82) is 0 Å². The molecule has 30 heavy (non-hydrogen) atoms. The summed E-state index contributed by atoms with van der Waals surface area (Å²) < 4.78 is 25.4. The van der Waals surface area contributed by atoms with E-state index < -0.39 is 24.7 Å². The summed E-state index contributed by atoms with van der Waals surface area (Å²) in [6.45, 7) is 1.29. The fourth-order valence-electron chi connectivity index (χ4n) is 2.57. The van der Waals surface area contributed by atoms with Gasteiger partial charge >= 0.3 is 13.7 Å². The van der Waals surface area contributed by atoms with E-state index in [9.17, 15) is 24.6 Å². The number of carboxylic acids is 1. The highest BCUT2D eigenvalue weighted by atomic mass is 79.9. The second-order valence-electron chi connectivity index (χ2n) is 6.21. The molecule has 0 aliphatic rings. The Morgan fingerprint density at radius 2 is 1.73 bits per heavy atom. The smallest absolute Gasteiger partial charge is 0.480 e. The first-order valence-electron chi connectivity index (χ1n) is 8.60. The average Bonchev–Trinajstić information content (AvgIpc) is 2.70. The lowest BCUT2D eigenvalue weighted by atomic mass is 10.1. The second kappa shape index (κ2) is 8.83. The van der Waals surface area contributed by atoms with Crippen LogP contribution in [0.5, 0.6) is 11.5 Å². The summed E-state index contributed by atoms with van der Waals surface area (Å²) in [6.07, 6.45) is 0. The van der Waals surface area contributed by atoms with Crippen molar-refractivity contribution in [3.05, 3.63) is 75.3 Å². The Hall–Kier alpha value is -2.94. The van der Waals surface area contributed by atoms with E-state index in [1.807, 2.05) is 12.1 Å². The molecule has 9 nitrogen and oxygen atoms in total. The zero-order valence-corrected chi connectivity index (χ0v) is 18.0. The predicted octanol–water partition coefficient (Wildman–Crippen LogP) is 5.14. The number of non-ortho nitro benzene ring substituents is 1. The zero-order valence-electron chi connectivity index (χ0n) is 15.5. The topological polar surface area (TPSA) is 128 Å². The standard InChI is InChI=1S/C19H16BrN2O7P/c1-12(19(23)24)21-30(27,28-14-8-6-13(7-9-14)22(25)26)29-18-11-10-17(20)15-4-2-3-5-16(15)18/h2-12H,1H3,(H,21,27)(H,23,24). The first-order valence-corrected chi connectivity index (χ1v) is 10.9. The minimum atomic E-state index is -4.25. The molecule has 0 spiro atoms. The van der Waals surface area contributed by atoms with E-state index >= 15 is 0 Å². The van der Waals surface area contributed by atoms with Crippen LogP contribution in [0.3, 0.4) is 0 Å². The largest absolute Gasteiger partial charge is 0.513 e. The third-order valence-electron chi connectivity index (χ3n) is 4.04. The maximum absolute atomic E-state index is 13.4. The lowest BCUT2D eigenvalue weighted by molar-refractivity contribution is -0.384. The number of carboxylic acid groups (broad SMARTS) is 1. The Kier molecular flexibility index (Phi) is 6.40. The summed E-state index contributed by atoms with van der Waals surface area (Å²) >= 11 is 3.44. The molecule has 0 heterocycles. The van der Waals surface area contributed by atoms with Gasteiger partial charge in [-0.3, -0.25) is 14.9 Å². The summed E-state index contributed by atoms with van der Waals surface area (Å²) in [4.78, 5) is 21.5. The van der Waals surface area contributed by atoms with Crippen LogP contribution in [0.4, 0.5) is 5.69 Å². The van der Waals surface area contributed by atoms with E-state index in [1.54, 1.807) is 24.3 Å². The normalized spacial score (nSPS) is 13.9. The summed E-state index contributed by atoms with van der Waals surface area (Å²) in [5, 5.41) is 23.8. The van der Waals surface area contributed by atoms with Gasteiger partial charge < -0.3 is 14.2 Å². The molecule has 0 aliphatic heterocycles. The van der Waals surface area contributed by atoms with Gasteiger partial charge in [0, 0.05) is 22.0 Å². The van der Waals surface area contributed by atoms with E-state index in [1.165, 1.54) is 31.2 Å². The Morgan fingerprint density at radius 3 is 2.33 bits per heavy atom. The molecule has 2 unspecified atom stereocenters. The SMILES string of the molecule is CC(NP(=O)(Oc1ccc([N+](=O)[O-])cc1)Oc1ccc(Br)c2ccccc12)C(=O)O. The molecule has 0 radical (unpaired) electrons. The number of halogens is 1. The van der Waals surface area contributed by atoms with Crippen LogP contribution in [0.15, 0.2) is 65.1 Å². The van der Waals surface area contributed by atoms with Gasteiger partial charge in [-0.2, -0.15) is 5.09 Å². The van der Waals surface area contributed by atoms with Crippen LogP contribution in [0, 0.1) is 10.1 Å². The van der Waals surface area contributed by atoms with E-state index in [2.05, 4.69) is 21.0 Å². The highest BCUT2D eigenvalue weighted by Crippen LogP contribution is 2.47. The van der Waals surface area contributed by atoms with Crippen LogP contribution in [-0.4, -0.2) is 22.0 Å². The molecule has 156 valence electrons. The molecule has 3 aromatic carbocycles. The summed E-state index contributed by atoms with van der Waals surface area (Å²) in [5.41, 5.74) is -0.177. The lowest BCUT2D eigenvalue weighted by Gasteiger charge is -2.23. The van der Waals surface area contributed by atoms with E-state index in [-0.39, 0.29) is 17.2 Å². The molecule has 0 fully saturated rings. The van der Waals surface area contributed by atoms with Gasteiger partial charge in [0.1, 0.15) is 17.5 Å². The van der Waals surface area contributed by atoms with E-state index in [0.29, 0.717) is 5.39 Å². The number of hydrogen-bond donors (Lipinski definition) is 2. The fraction of sp³-hybridized carbons (Fsp3) is 0.105. The second-order valence-corrected chi connectivity index (χ2v) is 8.68. The number of nitrogens with zero attached hydrogens (tertiary/aromatic N) is 1. The Balaban J connectivity index is 1.98. The summed E-state index contributed by atoms with van der Waals surface area (Å²) in [7, 11) is -4.25. The van der Waals surface area contributed by atoms with Crippen molar-refractivity contribution < 1.29 is 28.4 Å². The van der Waals surface area contributed by atoms with Crippen LogP contribution in [-0.2, 0) is 9.36 Å². The Labute approximate surface area is 179 Å². The molecule has 3 aromatic rings. The molecule has 11 heteroatoms. The van der Waals surface area contributed by atoms with Crippen molar-refractivity contribution in [2.24, 2.45) is 0 Å². The summed E-state index contributed by atoms with van der Waals surface area (Å²) in [5.74, 6) is -1.04. The fourth-order valence-corrected chi connectivity index (χ4v) is 4.60. The number of rotatable bonds is 8. The van der Waals surface area contributed by atoms with E-state index in [4.69, 9.17) is 9.05 Å². The summed E-state index contributed by atoms with van der Waals surface area (Å²) in [6, 6.07) is 14.1. The third kappa shape index (κ3) is 4.96. The maximum Gasteiger partial charge on any atom is 0.513 e. The Morgan fingerprint density at radius 1 is 1.10 bits per heavy atom. The van der Waals surface area contributed by atoms with Crippen LogP contribution in [0.1, 0.15) is 6.92 Å². The monoisotopic (exact) mass is 494 g/mol. The van der Waals surface area contributed by atoms with E-state index in [0.717, 1.165) is 9.86 Å². The highest BCUT2D eigenvalue weighted by Gasteiger charge is 2.33. The van der Waals surface area contributed by atoms with Gasteiger partial charge in [0.05, 0.1) is 4.92 Å². The third-order valence-corrected chi connectivity index (χ3v) is 6.33. The molecule has 3 rings (SSSR count). The van der Waals surface area contributed by atoms with Gasteiger partial charge in [0.25, 0.3) is 5.69 Å². The van der Waals surface area contributed by atoms with Gasteiger partial charge in [0.2, 0.25) is 0 Å². The first-order chi connectivity index (χ1) is 14.2. The number of carbonyl (C=O) groups is 1. The van der Waals surface area contributed by atoms with Gasteiger partial charge in [-0.1, -0.05) is 40.2 Å². The molecule has 0 aromatic heterocycles. The molecule has 0 saturated heterocycles. The van der Waals surface area contributed by atoms with Gasteiger partial charge in [-0.15, -0.1) is 0 Å². The van der Waals surface area contributed by atoms with Gasteiger partial charge in [-0.25, -0.2) is 4.57 Å². The van der Waals surface area contributed by atoms with Crippen molar-refractivity contribution in [3.63, 3.8) is 0 Å². The molecule has 0 aliphatic carbocycles. The molecule has 2 atom stereocenters. The minimum Gasteiger partial charge on any atom is -0.480 e. The van der Waals surface area contributed by atoms with Crippen LogP contribution >= 0.6 is 23.7 Å². The van der Waals surface area contributed by atoms with Crippen LogP contribution in [0.2, 0.25) is 0 Å². The average molecular weight is 495 g/mol. The minimum absolute atomic E-state index is 0.00967.